The number of phenols is 1. The number of aromatic hydroxyl groups is 1. The zero-order chi connectivity index (χ0) is 27.4. The molecule has 3 aliphatic carbocycles. The summed E-state index contributed by atoms with van der Waals surface area (Å²) in [5.41, 5.74) is 2.62. The SMILES string of the molecule is CC(C)(C)COC(=O)CCc1ccc(O)c2c1C[C@H]1C[C@H]3CC(=O)C(C(N)=O)=C(O)[C@@]3(O)C(=O)C1=C2O. The van der Waals surface area contributed by atoms with Crippen LogP contribution in [-0.2, 0) is 36.8 Å². The van der Waals surface area contributed by atoms with Crippen LogP contribution in [0.4, 0.5) is 0 Å². The lowest BCUT2D eigenvalue weighted by Gasteiger charge is -2.46. The Morgan fingerprint density at radius 3 is 2.43 bits per heavy atom. The molecule has 1 saturated carbocycles. The van der Waals surface area contributed by atoms with Crippen LogP contribution < -0.4 is 5.73 Å². The monoisotopic (exact) mass is 513 g/mol. The number of phenolic OH excluding ortho intramolecular Hbond substituents is 1. The van der Waals surface area contributed by atoms with Gasteiger partial charge in [-0.3, -0.25) is 19.2 Å². The number of carbonyl (C=O) groups is 4. The van der Waals surface area contributed by atoms with Gasteiger partial charge in [-0.1, -0.05) is 26.8 Å². The van der Waals surface area contributed by atoms with Gasteiger partial charge in [0.25, 0.3) is 5.91 Å². The number of benzene rings is 1. The molecule has 3 atom stereocenters. The van der Waals surface area contributed by atoms with Gasteiger partial charge in [-0.05, 0) is 47.8 Å². The van der Waals surface area contributed by atoms with Crippen molar-refractivity contribution in [1.82, 2.24) is 0 Å². The standard InChI is InChI=1S/C27H31NO9/c1-26(2,3)11-37-18(31)7-5-12-4-6-16(29)20-15(12)9-13-8-14-10-17(30)21(25(28)35)24(34)27(14,36)23(33)19(13)22(20)32/h4,6,13-14,29,32,34,36H,5,7-11H2,1-3H3,(H2,28,35)/t13-,14+,27+/m1/s1. The van der Waals surface area contributed by atoms with E-state index in [-0.39, 0.29) is 67.0 Å². The van der Waals surface area contributed by atoms with Crippen LogP contribution in [0.5, 0.6) is 5.75 Å². The Kier molecular flexibility index (Phi) is 6.44. The predicted molar refractivity (Wildman–Crippen MR) is 130 cm³/mol. The zero-order valence-electron chi connectivity index (χ0n) is 21.0. The molecule has 1 amide bonds. The molecule has 1 aromatic carbocycles. The van der Waals surface area contributed by atoms with Gasteiger partial charge in [-0.2, -0.15) is 0 Å². The molecule has 0 unspecified atom stereocenters. The lowest BCUT2D eigenvalue weighted by molar-refractivity contribution is -0.148. The minimum Gasteiger partial charge on any atom is -0.508 e. The maximum Gasteiger partial charge on any atom is 0.306 e. The summed E-state index contributed by atoms with van der Waals surface area (Å²) in [5.74, 6) is -7.09. The Labute approximate surface area is 213 Å². The summed E-state index contributed by atoms with van der Waals surface area (Å²) in [6, 6.07) is 2.99. The average molecular weight is 514 g/mol. The molecule has 1 fully saturated rings. The Morgan fingerprint density at radius 2 is 1.81 bits per heavy atom. The maximum atomic E-state index is 13.5. The third kappa shape index (κ3) is 4.39. The summed E-state index contributed by atoms with van der Waals surface area (Å²) >= 11 is 0. The molecule has 0 aromatic heterocycles. The van der Waals surface area contributed by atoms with Crippen LogP contribution in [-0.4, -0.2) is 56.1 Å². The maximum absolute atomic E-state index is 13.5. The lowest BCUT2D eigenvalue weighted by Crippen LogP contribution is -2.58. The van der Waals surface area contributed by atoms with Gasteiger partial charge < -0.3 is 30.9 Å². The number of nitrogens with two attached hydrogens (primary N) is 1. The van der Waals surface area contributed by atoms with Crippen LogP contribution in [0.2, 0.25) is 0 Å². The van der Waals surface area contributed by atoms with Crippen molar-refractivity contribution in [2.24, 2.45) is 23.0 Å². The van der Waals surface area contributed by atoms with Crippen molar-refractivity contribution in [2.75, 3.05) is 6.61 Å². The number of ketones is 2. The van der Waals surface area contributed by atoms with Crippen LogP contribution in [0.25, 0.3) is 5.76 Å². The third-order valence-electron chi connectivity index (χ3n) is 7.31. The summed E-state index contributed by atoms with van der Waals surface area (Å²) in [5, 5.41) is 43.6. The Hall–Kier alpha value is -3.66. The number of aliphatic hydroxyl groups is 3. The number of hydrogen-bond acceptors (Lipinski definition) is 9. The van der Waals surface area contributed by atoms with Gasteiger partial charge in [0.15, 0.2) is 11.4 Å². The molecular formula is C27H31NO9. The quantitative estimate of drug-likeness (QED) is 0.290. The Bertz CT molecular complexity index is 1280. The number of amides is 1. The first-order valence-electron chi connectivity index (χ1n) is 12.1. The van der Waals surface area contributed by atoms with Gasteiger partial charge in [-0.15, -0.1) is 0 Å². The largest absolute Gasteiger partial charge is 0.508 e. The molecule has 0 aliphatic heterocycles. The molecule has 0 saturated heterocycles. The van der Waals surface area contributed by atoms with Crippen molar-refractivity contribution >= 4 is 29.2 Å². The summed E-state index contributed by atoms with van der Waals surface area (Å²) < 4.78 is 5.32. The van der Waals surface area contributed by atoms with E-state index in [1.165, 1.54) is 6.07 Å². The minimum absolute atomic E-state index is 0.00712. The molecule has 1 aromatic rings. The van der Waals surface area contributed by atoms with E-state index in [0.29, 0.717) is 11.1 Å². The first-order valence-corrected chi connectivity index (χ1v) is 12.1. The number of hydrogen-bond donors (Lipinski definition) is 5. The van der Waals surface area contributed by atoms with E-state index in [0.717, 1.165) is 0 Å². The van der Waals surface area contributed by atoms with E-state index in [9.17, 15) is 39.6 Å². The molecule has 198 valence electrons. The predicted octanol–water partition coefficient (Wildman–Crippen LogP) is 1.95. The minimum atomic E-state index is -2.60. The fraction of sp³-hybridized carbons (Fsp3) is 0.481. The zero-order valence-corrected chi connectivity index (χ0v) is 21.0. The second-order valence-corrected chi connectivity index (χ2v) is 11.2. The van der Waals surface area contributed by atoms with Gasteiger partial charge in [0.1, 0.15) is 22.8 Å². The Balaban J connectivity index is 1.71. The molecule has 10 heteroatoms. The number of rotatable bonds is 5. The summed E-state index contributed by atoms with van der Waals surface area (Å²) in [6.07, 6.45) is 0.196. The summed E-state index contributed by atoms with van der Waals surface area (Å²) in [4.78, 5) is 50.0. The molecule has 6 N–H and O–H groups in total. The second kappa shape index (κ2) is 9.02. The third-order valence-corrected chi connectivity index (χ3v) is 7.31. The molecule has 3 aliphatic rings. The molecule has 37 heavy (non-hydrogen) atoms. The lowest BCUT2D eigenvalue weighted by atomic mass is 9.59. The molecule has 0 radical (unpaired) electrons. The summed E-state index contributed by atoms with van der Waals surface area (Å²) in [6.45, 7) is 6.10. The summed E-state index contributed by atoms with van der Waals surface area (Å²) in [7, 11) is 0. The van der Waals surface area contributed by atoms with Gasteiger partial charge >= 0.3 is 5.97 Å². The number of ether oxygens (including phenoxy) is 1. The number of aliphatic hydroxyl groups excluding tert-OH is 2. The topological polar surface area (TPSA) is 184 Å². The van der Waals surface area contributed by atoms with E-state index in [2.05, 4.69) is 0 Å². The molecule has 0 bridgehead atoms. The number of Topliss-reactive ketones (excluding diaryl/α,β-unsaturated/α-hetero) is 2. The van der Waals surface area contributed by atoms with Crippen molar-refractivity contribution in [2.45, 2.75) is 58.5 Å². The molecule has 10 nitrogen and oxygen atoms in total. The number of fused-ring (bicyclic) bond motifs is 3. The normalized spacial score (nSPS) is 25.4. The Morgan fingerprint density at radius 1 is 1.14 bits per heavy atom. The number of esters is 1. The average Bonchev–Trinajstić information content (AvgIpc) is 2.78. The second-order valence-electron chi connectivity index (χ2n) is 11.2. The van der Waals surface area contributed by atoms with Crippen molar-refractivity contribution in [1.29, 1.82) is 0 Å². The van der Waals surface area contributed by atoms with E-state index in [1.54, 1.807) is 6.07 Å². The van der Waals surface area contributed by atoms with Gasteiger partial charge in [0, 0.05) is 24.3 Å². The number of primary amides is 1. The molecule has 0 heterocycles. The van der Waals surface area contributed by atoms with E-state index in [4.69, 9.17) is 10.5 Å². The first-order chi connectivity index (χ1) is 17.2. The first kappa shape index (κ1) is 26.4. The van der Waals surface area contributed by atoms with Crippen molar-refractivity contribution in [3.05, 3.63) is 45.7 Å². The van der Waals surface area contributed by atoms with Crippen molar-refractivity contribution < 1.29 is 44.3 Å². The van der Waals surface area contributed by atoms with Crippen molar-refractivity contribution in [3.63, 3.8) is 0 Å². The molecule has 4 rings (SSSR count). The highest BCUT2D eigenvalue weighted by Gasteiger charge is 2.60. The van der Waals surface area contributed by atoms with E-state index >= 15 is 0 Å². The highest BCUT2D eigenvalue weighted by atomic mass is 16.5. The van der Waals surface area contributed by atoms with Crippen LogP contribution in [0.3, 0.4) is 0 Å². The van der Waals surface area contributed by atoms with E-state index in [1.807, 2.05) is 20.8 Å². The van der Waals surface area contributed by atoms with Gasteiger partial charge in [-0.25, -0.2) is 0 Å². The smallest absolute Gasteiger partial charge is 0.306 e. The highest BCUT2D eigenvalue weighted by Crippen LogP contribution is 2.52. The highest BCUT2D eigenvalue weighted by molar-refractivity contribution is 6.22. The number of aryl methyl sites for hydroxylation is 1. The van der Waals surface area contributed by atoms with E-state index < -0.39 is 52.0 Å². The van der Waals surface area contributed by atoms with Crippen LogP contribution in [0, 0.1) is 17.3 Å². The van der Waals surface area contributed by atoms with Crippen LogP contribution in [0.1, 0.15) is 56.7 Å². The van der Waals surface area contributed by atoms with Gasteiger partial charge in [0.2, 0.25) is 5.78 Å². The fourth-order valence-corrected chi connectivity index (χ4v) is 5.53. The molecule has 0 spiro atoms. The van der Waals surface area contributed by atoms with Crippen LogP contribution >= 0.6 is 0 Å². The fourth-order valence-electron chi connectivity index (χ4n) is 5.53. The van der Waals surface area contributed by atoms with Gasteiger partial charge in [0.05, 0.1) is 12.2 Å². The number of carbonyl (C=O) groups excluding carboxylic acids is 4. The van der Waals surface area contributed by atoms with Crippen molar-refractivity contribution in [3.8, 4) is 5.75 Å². The van der Waals surface area contributed by atoms with Crippen LogP contribution in [0.15, 0.2) is 29.0 Å². The molecular weight excluding hydrogens is 482 g/mol.